The summed E-state index contributed by atoms with van der Waals surface area (Å²) in [6, 6.07) is 13.5. The molecule has 0 unspecified atom stereocenters. The molecule has 0 saturated carbocycles. The first-order valence-electron chi connectivity index (χ1n) is 10.8. The predicted molar refractivity (Wildman–Crippen MR) is 122 cm³/mol. The molecule has 5 nitrogen and oxygen atoms in total. The minimum atomic E-state index is -4.41. The van der Waals surface area contributed by atoms with E-state index >= 15 is 0 Å². The maximum absolute atomic E-state index is 13.3. The second kappa shape index (κ2) is 10.8. The van der Waals surface area contributed by atoms with Gasteiger partial charge in [0, 0.05) is 12.6 Å². The van der Waals surface area contributed by atoms with Crippen LogP contribution in [0.4, 0.5) is 18.0 Å². The van der Waals surface area contributed by atoms with Crippen molar-refractivity contribution in [2.24, 2.45) is 0 Å². The fourth-order valence-corrected chi connectivity index (χ4v) is 4.26. The molecule has 3 N–H and O–H groups in total. The maximum atomic E-state index is 13.3. The number of halogens is 4. The predicted octanol–water partition coefficient (Wildman–Crippen LogP) is 5.23. The van der Waals surface area contributed by atoms with Crippen molar-refractivity contribution in [1.29, 1.82) is 0 Å². The highest BCUT2D eigenvalue weighted by molar-refractivity contribution is 6.18. The molecule has 2 aromatic rings. The molecule has 0 aliphatic carbocycles. The Bertz CT molecular complexity index is 932. The topological polar surface area (TPSA) is 62.4 Å². The van der Waals surface area contributed by atoms with E-state index in [1.54, 1.807) is 19.9 Å². The van der Waals surface area contributed by atoms with Gasteiger partial charge in [0.1, 0.15) is 0 Å². The van der Waals surface area contributed by atoms with Crippen LogP contribution in [0.2, 0.25) is 0 Å². The van der Waals surface area contributed by atoms with Gasteiger partial charge in [-0.05, 0) is 49.9 Å². The molecule has 1 saturated heterocycles. The van der Waals surface area contributed by atoms with E-state index in [0.717, 1.165) is 17.7 Å². The molecule has 1 fully saturated rings. The molecule has 0 aromatic heterocycles. The summed E-state index contributed by atoms with van der Waals surface area (Å²) in [6.45, 7) is 4.20. The van der Waals surface area contributed by atoms with Crippen LogP contribution >= 0.6 is 11.6 Å². The Morgan fingerprint density at radius 1 is 1.27 bits per heavy atom. The van der Waals surface area contributed by atoms with Crippen LogP contribution in [0.5, 0.6) is 0 Å². The Kier molecular flexibility index (Phi) is 8.26. The number of ether oxygens (including phenoxy) is 1. The van der Waals surface area contributed by atoms with Crippen molar-refractivity contribution in [1.82, 2.24) is 16.0 Å². The lowest BCUT2D eigenvalue weighted by Gasteiger charge is -2.42. The third-order valence-electron chi connectivity index (χ3n) is 5.97. The summed E-state index contributed by atoms with van der Waals surface area (Å²) in [7, 11) is 0. The molecule has 1 heterocycles. The molecular weight excluding hydrogens is 455 g/mol. The van der Waals surface area contributed by atoms with Crippen molar-refractivity contribution < 1.29 is 22.7 Å². The second-order valence-corrected chi connectivity index (χ2v) is 8.70. The van der Waals surface area contributed by atoms with Crippen LogP contribution in [-0.4, -0.2) is 31.2 Å². The largest absolute Gasteiger partial charge is 0.416 e. The van der Waals surface area contributed by atoms with E-state index in [1.807, 2.05) is 30.3 Å². The first kappa shape index (κ1) is 25.3. The van der Waals surface area contributed by atoms with Crippen molar-refractivity contribution in [2.75, 3.05) is 19.2 Å². The second-order valence-electron chi connectivity index (χ2n) is 8.43. The highest BCUT2D eigenvalue weighted by Gasteiger charge is 2.38. The number of carbonyl (C=O) groups is 1. The quantitative estimate of drug-likeness (QED) is 0.373. The average molecular weight is 484 g/mol. The maximum Gasteiger partial charge on any atom is 0.416 e. The van der Waals surface area contributed by atoms with E-state index < -0.39 is 23.4 Å². The van der Waals surface area contributed by atoms with Gasteiger partial charge in [-0.1, -0.05) is 42.0 Å². The van der Waals surface area contributed by atoms with Crippen LogP contribution in [0.25, 0.3) is 0 Å². The van der Waals surface area contributed by atoms with E-state index in [0.29, 0.717) is 30.5 Å². The fraction of sp³-hybridized carbons (Fsp3) is 0.458. The molecule has 9 heteroatoms. The number of hydrogen-bond acceptors (Lipinski definition) is 3. The van der Waals surface area contributed by atoms with E-state index in [-0.39, 0.29) is 24.7 Å². The van der Waals surface area contributed by atoms with Crippen LogP contribution in [0.3, 0.4) is 0 Å². The number of alkyl halides is 4. The summed E-state index contributed by atoms with van der Waals surface area (Å²) >= 11 is 5.54. The van der Waals surface area contributed by atoms with Gasteiger partial charge < -0.3 is 20.7 Å². The Morgan fingerprint density at radius 2 is 2.00 bits per heavy atom. The number of nitrogens with one attached hydrogen (secondary N) is 3. The zero-order chi connectivity index (χ0) is 24.1. The SMILES string of the molecule is Cc1cc([C@@H](C)OC[C@@]2(c3ccccc3)CC[C@H](NC(=O)NCCl)CN2)cc(C(F)(F)F)c1. The number of amides is 2. The highest BCUT2D eigenvalue weighted by atomic mass is 35.5. The summed E-state index contributed by atoms with van der Waals surface area (Å²) in [5.41, 5.74) is 0.853. The van der Waals surface area contributed by atoms with Crippen molar-refractivity contribution in [3.8, 4) is 0 Å². The molecule has 180 valence electrons. The van der Waals surface area contributed by atoms with Gasteiger partial charge in [0.25, 0.3) is 0 Å². The summed E-state index contributed by atoms with van der Waals surface area (Å²) < 4.78 is 45.9. The standard InChI is InChI=1S/C24H29ClF3N3O2/c1-16-10-18(12-20(11-16)24(26,27)28)17(2)33-14-23(19-6-4-3-5-7-19)9-8-21(13-30-23)31-22(32)29-15-25/h3-7,10-12,17,21,30H,8-9,13-15H2,1-2H3,(H2,29,31,32)/t17-,21+,23-/m1/s1. The van der Waals surface area contributed by atoms with Crippen molar-refractivity contribution in [3.63, 3.8) is 0 Å². The Balaban J connectivity index is 1.74. The average Bonchev–Trinajstić information content (AvgIpc) is 2.78. The van der Waals surface area contributed by atoms with Crippen LogP contribution < -0.4 is 16.0 Å². The van der Waals surface area contributed by atoms with Crippen molar-refractivity contribution >= 4 is 17.6 Å². The van der Waals surface area contributed by atoms with Gasteiger partial charge in [-0.25, -0.2) is 4.79 Å². The van der Waals surface area contributed by atoms with Gasteiger partial charge in [-0.3, -0.25) is 0 Å². The minimum Gasteiger partial charge on any atom is -0.372 e. The summed E-state index contributed by atoms with van der Waals surface area (Å²) in [6.07, 6.45) is -3.55. The van der Waals surface area contributed by atoms with Crippen LogP contribution in [0.15, 0.2) is 48.5 Å². The Labute approximate surface area is 197 Å². The Hall–Kier alpha value is -2.29. The first-order chi connectivity index (χ1) is 15.6. The highest BCUT2D eigenvalue weighted by Crippen LogP contribution is 2.35. The normalized spacial score (nSPS) is 21.9. The zero-order valence-electron chi connectivity index (χ0n) is 18.6. The van der Waals surface area contributed by atoms with Crippen molar-refractivity contribution in [2.45, 2.75) is 50.6 Å². The molecule has 0 bridgehead atoms. The first-order valence-corrected chi connectivity index (χ1v) is 11.4. The van der Waals surface area contributed by atoms with E-state index in [2.05, 4.69) is 16.0 Å². The third-order valence-corrected chi connectivity index (χ3v) is 6.11. The van der Waals surface area contributed by atoms with Gasteiger partial charge in [0.15, 0.2) is 0 Å². The zero-order valence-corrected chi connectivity index (χ0v) is 19.4. The molecule has 2 amide bonds. The third kappa shape index (κ3) is 6.62. The van der Waals surface area contributed by atoms with E-state index in [9.17, 15) is 18.0 Å². The Morgan fingerprint density at radius 3 is 2.61 bits per heavy atom. The molecule has 33 heavy (non-hydrogen) atoms. The molecule has 0 radical (unpaired) electrons. The molecule has 3 rings (SSSR count). The smallest absolute Gasteiger partial charge is 0.372 e. The lowest BCUT2D eigenvalue weighted by molar-refractivity contribution is -0.137. The van der Waals surface area contributed by atoms with Gasteiger partial charge in [0.2, 0.25) is 0 Å². The molecule has 2 aromatic carbocycles. The van der Waals surface area contributed by atoms with Gasteiger partial charge >= 0.3 is 12.2 Å². The molecule has 0 spiro atoms. The summed E-state index contributed by atoms with van der Waals surface area (Å²) in [5, 5.41) is 8.91. The van der Waals surface area contributed by atoms with Crippen molar-refractivity contribution in [3.05, 3.63) is 70.8 Å². The van der Waals surface area contributed by atoms with Gasteiger partial charge in [0.05, 0.1) is 29.8 Å². The van der Waals surface area contributed by atoms with Gasteiger partial charge in [-0.2, -0.15) is 13.2 Å². The lowest BCUT2D eigenvalue weighted by Crippen LogP contribution is -2.58. The number of aryl methyl sites for hydroxylation is 1. The number of rotatable bonds is 7. The number of benzene rings is 2. The monoisotopic (exact) mass is 483 g/mol. The lowest BCUT2D eigenvalue weighted by atomic mass is 9.81. The summed E-state index contributed by atoms with van der Waals surface area (Å²) in [4.78, 5) is 11.8. The minimum absolute atomic E-state index is 0.0284. The van der Waals surface area contributed by atoms with Crippen LogP contribution in [0, 0.1) is 6.92 Å². The van der Waals surface area contributed by atoms with E-state index in [4.69, 9.17) is 16.3 Å². The van der Waals surface area contributed by atoms with Crippen LogP contribution in [0.1, 0.15) is 48.1 Å². The van der Waals surface area contributed by atoms with Crippen LogP contribution in [-0.2, 0) is 16.5 Å². The fourth-order valence-electron chi connectivity index (χ4n) is 4.13. The number of piperidine rings is 1. The molecule has 3 atom stereocenters. The molecular formula is C24H29ClF3N3O2. The van der Waals surface area contributed by atoms with Gasteiger partial charge in [-0.15, -0.1) is 11.6 Å². The number of urea groups is 1. The number of carbonyl (C=O) groups excluding carboxylic acids is 1. The molecule has 1 aliphatic heterocycles. The molecule has 1 aliphatic rings. The summed E-state index contributed by atoms with van der Waals surface area (Å²) in [5.74, 6) is 0. The number of hydrogen-bond donors (Lipinski definition) is 3. The van der Waals surface area contributed by atoms with E-state index in [1.165, 1.54) is 0 Å².